The van der Waals surface area contributed by atoms with Crippen molar-refractivity contribution in [2.45, 2.75) is 6.92 Å². The molecular weight excluding hydrogens is 330 g/mol. The predicted molar refractivity (Wildman–Crippen MR) is 95.9 cm³/mol. The number of anilines is 1. The number of hydrogen-bond donors (Lipinski definition) is 2. The van der Waals surface area contributed by atoms with Crippen LogP contribution >= 0.6 is 0 Å². The number of benzene rings is 1. The molecular formula is C18H17N7O. The van der Waals surface area contributed by atoms with Gasteiger partial charge in [0.1, 0.15) is 5.82 Å². The average Bonchev–Trinajstić information content (AvgIpc) is 3.12. The lowest BCUT2D eigenvalue weighted by Crippen LogP contribution is -2.28. The van der Waals surface area contributed by atoms with Crippen LogP contribution in [0.2, 0.25) is 0 Å². The second kappa shape index (κ2) is 7.90. The Bertz CT molecular complexity index is 923. The first kappa shape index (κ1) is 17.1. The van der Waals surface area contributed by atoms with E-state index in [1.54, 1.807) is 28.9 Å². The summed E-state index contributed by atoms with van der Waals surface area (Å²) in [6, 6.07) is 14.0. The van der Waals surface area contributed by atoms with E-state index in [1.807, 2.05) is 37.4 Å². The van der Waals surface area contributed by atoms with E-state index < -0.39 is 0 Å². The van der Waals surface area contributed by atoms with Crippen molar-refractivity contribution >= 4 is 11.7 Å². The SMILES string of the molecule is Cc1ccn(-c2ccc(NCCNC(=O)c3ccc(C#N)cc3)nn2)n1. The third kappa shape index (κ3) is 4.21. The van der Waals surface area contributed by atoms with E-state index in [9.17, 15) is 4.79 Å². The molecule has 0 spiro atoms. The van der Waals surface area contributed by atoms with Gasteiger partial charge in [-0.05, 0) is 49.4 Å². The topological polar surface area (TPSA) is 109 Å². The van der Waals surface area contributed by atoms with E-state index in [2.05, 4.69) is 25.9 Å². The molecule has 2 N–H and O–H groups in total. The highest BCUT2D eigenvalue weighted by atomic mass is 16.1. The summed E-state index contributed by atoms with van der Waals surface area (Å²) in [5.41, 5.74) is 1.95. The smallest absolute Gasteiger partial charge is 0.251 e. The Morgan fingerprint density at radius 1 is 1.12 bits per heavy atom. The van der Waals surface area contributed by atoms with Crippen LogP contribution in [0.15, 0.2) is 48.7 Å². The molecule has 0 saturated carbocycles. The van der Waals surface area contributed by atoms with Gasteiger partial charge in [0.05, 0.1) is 17.3 Å². The fourth-order valence-electron chi connectivity index (χ4n) is 2.25. The number of amides is 1. The standard InChI is InChI=1S/C18H17N7O/c1-13-8-11-25(24-13)17-7-6-16(22-23-17)20-9-10-21-18(26)15-4-2-14(12-19)3-5-15/h2-8,11H,9-10H2,1H3,(H,20,22)(H,21,26). The van der Waals surface area contributed by atoms with Gasteiger partial charge in [0, 0.05) is 24.8 Å². The van der Waals surface area contributed by atoms with Crippen LogP contribution in [0.4, 0.5) is 5.82 Å². The molecule has 0 aliphatic heterocycles. The quantitative estimate of drug-likeness (QED) is 0.657. The summed E-state index contributed by atoms with van der Waals surface area (Å²) in [4.78, 5) is 12.0. The summed E-state index contributed by atoms with van der Waals surface area (Å²) in [5, 5.41) is 27.1. The van der Waals surface area contributed by atoms with Gasteiger partial charge in [-0.25, -0.2) is 4.68 Å². The number of carbonyl (C=O) groups is 1. The second-order valence-corrected chi connectivity index (χ2v) is 5.55. The number of rotatable bonds is 6. The molecule has 0 saturated heterocycles. The van der Waals surface area contributed by atoms with E-state index in [0.29, 0.717) is 35.9 Å². The zero-order valence-corrected chi connectivity index (χ0v) is 14.2. The summed E-state index contributed by atoms with van der Waals surface area (Å²) in [7, 11) is 0. The lowest BCUT2D eigenvalue weighted by molar-refractivity contribution is 0.0955. The molecule has 0 atom stereocenters. The Labute approximate surface area is 150 Å². The van der Waals surface area contributed by atoms with Crippen LogP contribution in [-0.4, -0.2) is 39.0 Å². The normalized spacial score (nSPS) is 10.2. The van der Waals surface area contributed by atoms with Crippen molar-refractivity contribution in [2.75, 3.05) is 18.4 Å². The molecule has 8 nitrogen and oxygen atoms in total. The van der Waals surface area contributed by atoms with Gasteiger partial charge in [0.25, 0.3) is 5.91 Å². The Hall–Kier alpha value is -3.73. The minimum atomic E-state index is -0.188. The first-order valence-electron chi connectivity index (χ1n) is 8.04. The van der Waals surface area contributed by atoms with Crippen molar-refractivity contribution in [3.05, 3.63) is 65.5 Å². The molecule has 1 aromatic carbocycles. The minimum absolute atomic E-state index is 0.188. The zero-order valence-electron chi connectivity index (χ0n) is 14.2. The number of hydrogen-bond acceptors (Lipinski definition) is 6. The van der Waals surface area contributed by atoms with Crippen molar-refractivity contribution < 1.29 is 4.79 Å². The molecule has 1 amide bonds. The Kier molecular flexibility index (Phi) is 5.19. The summed E-state index contributed by atoms with van der Waals surface area (Å²) in [6.45, 7) is 2.85. The molecule has 3 aromatic rings. The van der Waals surface area contributed by atoms with Crippen LogP contribution < -0.4 is 10.6 Å². The Morgan fingerprint density at radius 2 is 1.92 bits per heavy atom. The lowest BCUT2D eigenvalue weighted by Gasteiger charge is -2.07. The van der Waals surface area contributed by atoms with Crippen LogP contribution in [0.1, 0.15) is 21.6 Å². The third-order valence-corrected chi connectivity index (χ3v) is 3.60. The van der Waals surface area contributed by atoms with E-state index in [-0.39, 0.29) is 5.91 Å². The number of nitrogens with one attached hydrogen (secondary N) is 2. The fourth-order valence-corrected chi connectivity index (χ4v) is 2.25. The van der Waals surface area contributed by atoms with Gasteiger partial charge in [-0.1, -0.05) is 0 Å². The van der Waals surface area contributed by atoms with Crippen LogP contribution in [0.25, 0.3) is 5.82 Å². The highest BCUT2D eigenvalue weighted by Crippen LogP contribution is 2.06. The summed E-state index contributed by atoms with van der Waals surface area (Å²) >= 11 is 0. The second-order valence-electron chi connectivity index (χ2n) is 5.55. The summed E-state index contributed by atoms with van der Waals surface area (Å²) < 4.78 is 1.66. The molecule has 0 unspecified atom stereocenters. The number of nitrogens with zero attached hydrogens (tertiary/aromatic N) is 5. The Morgan fingerprint density at radius 3 is 2.54 bits per heavy atom. The largest absolute Gasteiger partial charge is 0.367 e. The highest BCUT2D eigenvalue weighted by Gasteiger charge is 2.05. The predicted octanol–water partition coefficient (Wildman–Crippen LogP) is 1.68. The van der Waals surface area contributed by atoms with Crippen LogP contribution in [0.3, 0.4) is 0 Å². The first-order chi connectivity index (χ1) is 12.7. The molecule has 0 aliphatic carbocycles. The number of carbonyl (C=O) groups excluding carboxylic acids is 1. The van der Waals surface area contributed by atoms with Crippen LogP contribution in [0.5, 0.6) is 0 Å². The Balaban J connectivity index is 1.46. The van der Waals surface area contributed by atoms with Gasteiger partial charge in [-0.3, -0.25) is 4.79 Å². The van der Waals surface area contributed by atoms with Crippen molar-refractivity contribution in [2.24, 2.45) is 0 Å². The maximum absolute atomic E-state index is 12.0. The van der Waals surface area contributed by atoms with Gasteiger partial charge >= 0.3 is 0 Å². The van der Waals surface area contributed by atoms with E-state index >= 15 is 0 Å². The molecule has 0 bridgehead atoms. The average molecular weight is 347 g/mol. The maximum atomic E-state index is 12.0. The number of nitriles is 1. The van der Waals surface area contributed by atoms with Crippen molar-refractivity contribution in [3.63, 3.8) is 0 Å². The lowest BCUT2D eigenvalue weighted by atomic mass is 10.1. The molecule has 0 radical (unpaired) electrons. The molecule has 3 rings (SSSR count). The molecule has 8 heteroatoms. The molecule has 0 aliphatic rings. The number of aromatic nitrogens is 4. The van der Waals surface area contributed by atoms with Crippen LogP contribution in [-0.2, 0) is 0 Å². The minimum Gasteiger partial charge on any atom is -0.367 e. The first-order valence-corrected chi connectivity index (χ1v) is 8.04. The molecule has 130 valence electrons. The van der Waals surface area contributed by atoms with Gasteiger partial charge < -0.3 is 10.6 Å². The highest BCUT2D eigenvalue weighted by molar-refractivity contribution is 5.94. The van der Waals surface area contributed by atoms with E-state index in [1.165, 1.54) is 0 Å². The molecule has 0 fully saturated rings. The van der Waals surface area contributed by atoms with Gasteiger partial charge in [0.15, 0.2) is 5.82 Å². The van der Waals surface area contributed by atoms with Gasteiger partial charge in [0.2, 0.25) is 0 Å². The third-order valence-electron chi connectivity index (χ3n) is 3.60. The summed E-state index contributed by atoms with van der Waals surface area (Å²) in [5.74, 6) is 1.06. The van der Waals surface area contributed by atoms with Gasteiger partial charge in [-0.2, -0.15) is 10.4 Å². The number of aryl methyl sites for hydroxylation is 1. The van der Waals surface area contributed by atoms with Crippen molar-refractivity contribution in [3.8, 4) is 11.9 Å². The fraction of sp³-hybridized carbons (Fsp3) is 0.167. The van der Waals surface area contributed by atoms with Crippen LogP contribution in [0, 0.1) is 18.3 Å². The van der Waals surface area contributed by atoms with Crippen molar-refractivity contribution in [1.29, 1.82) is 5.26 Å². The zero-order chi connectivity index (χ0) is 18.4. The molecule has 2 aromatic heterocycles. The molecule has 26 heavy (non-hydrogen) atoms. The molecule has 2 heterocycles. The van der Waals surface area contributed by atoms with E-state index in [4.69, 9.17) is 5.26 Å². The van der Waals surface area contributed by atoms with Crippen molar-refractivity contribution in [1.82, 2.24) is 25.3 Å². The summed E-state index contributed by atoms with van der Waals surface area (Å²) in [6.07, 6.45) is 1.82. The van der Waals surface area contributed by atoms with E-state index in [0.717, 1.165) is 5.69 Å². The maximum Gasteiger partial charge on any atom is 0.251 e. The monoisotopic (exact) mass is 347 g/mol. The van der Waals surface area contributed by atoms with Gasteiger partial charge in [-0.15, -0.1) is 10.2 Å².